The minimum absolute atomic E-state index is 0.0296. The average molecular weight is 284 g/mol. The quantitative estimate of drug-likeness (QED) is 0.863. The van der Waals surface area contributed by atoms with E-state index in [9.17, 15) is 9.59 Å². The fourth-order valence-electron chi connectivity index (χ4n) is 1.39. The molecular weight excluding hydrogens is 266 g/mol. The summed E-state index contributed by atoms with van der Waals surface area (Å²) in [7, 11) is 0. The van der Waals surface area contributed by atoms with Crippen LogP contribution in [-0.4, -0.2) is 17.4 Å². The second kappa shape index (κ2) is 6.06. The van der Waals surface area contributed by atoms with E-state index in [0.29, 0.717) is 16.1 Å². The third-order valence-electron chi connectivity index (χ3n) is 2.29. The first-order chi connectivity index (χ1) is 8.69. The smallest absolute Gasteiger partial charge is 0.407 e. The third-order valence-corrected chi connectivity index (χ3v) is 2.66. The Morgan fingerprint density at radius 1 is 1.32 bits per heavy atom. The zero-order valence-electron chi connectivity index (χ0n) is 11.5. The van der Waals surface area contributed by atoms with Crippen LogP contribution in [0.25, 0.3) is 0 Å². The molecule has 0 aliphatic heterocycles. The predicted molar refractivity (Wildman–Crippen MR) is 74.5 cm³/mol. The monoisotopic (exact) mass is 283 g/mol. The predicted octanol–water partition coefficient (Wildman–Crippen LogP) is 3.57. The summed E-state index contributed by atoms with van der Waals surface area (Å²) in [4.78, 5) is 22.8. The zero-order valence-corrected chi connectivity index (χ0v) is 12.3. The fraction of sp³-hybridized carbons (Fsp3) is 0.429. The number of benzene rings is 1. The van der Waals surface area contributed by atoms with Gasteiger partial charge in [0.1, 0.15) is 6.61 Å². The Bertz CT molecular complexity index is 492. The molecule has 4 nitrogen and oxygen atoms in total. The Balaban J connectivity index is 2.70. The Kier molecular flexibility index (Phi) is 4.95. The molecule has 0 aliphatic rings. The molecular formula is C14H18ClNO3. The van der Waals surface area contributed by atoms with Crippen LogP contribution in [0.2, 0.25) is 5.02 Å². The lowest BCUT2D eigenvalue weighted by atomic mass is 10.1. The molecule has 0 atom stereocenters. The lowest BCUT2D eigenvalue weighted by molar-refractivity contribution is 0.101. The molecule has 0 heterocycles. The van der Waals surface area contributed by atoms with Crippen molar-refractivity contribution in [2.45, 2.75) is 39.8 Å². The summed E-state index contributed by atoms with van der Waals surface area (Å²) in [6.45, 7) is 7.08. The largest absolute Gasteiger partial charge is 0.445 e. The van der Waals surface area contributed by atoms with Gasteiger partial charge < -0.3 is 10.1 Å². The topological polar surface area (TPSA) is 55.4 Å². The lowest BCUT2D eigenvalue weighted by Gasteiger charge is -2.20. The van der Waals surface area contributed by atoms with Crippen molar-refractivity contribution in [2.75, 3.05) is 0 Å². The minimum atomic E-state index is -0.517. The Labute approximate surface area is 118 Å². The fourth-order valence-corrected chi connectivity index (χ4v) is 1.56. The molecule has 0 saturated carbocycles. The third kappa shape index (κ3) is 5.30. The first-order valence-electron chi connectivity index (χ1n) is 5.93. The number of carbonyl (C=O) groups is 2. The van der Waals surface area contributed by atoms with Gasteiger partial charge in [0.2, 0.25) is 0 Å². The highest BCUT2D eigenvalue weighted by Gasteiger charge is 2.15. The molecule has 0 aromatic heterocycles. The van der Waals surface area contributed by atoms with Crippen LogP contribution in [-0.2, 0) is 11.3 Å². The van der Waals surface area contributed by atoms with Crippen molar-refractivity contribution in [1.82, 2.24) is 5.32 Å². The summed E-state index contributed by atoms with van der Waals surface area (Å²) < 4.78 is 5.07. The lowest BCUT2D eigenvalue weighted by Crippen LogP contribution is -2.40. The Hall–Kier alpha value is -1.55. The van der Waals surface area contributed by atoms with Crippen molar-refractivity contribution in [3.8, 4) is 0 Å². The van der Waals surface area contributed by atoms with Crippen molar-refractivity contribution < 1.29 is 14.3 Å². The van der Waals surface area contributed by atoms with Crippen LogP contribution in [0.4, 0.5) is 4.79 Å². The number of amides is 1. The second-order valence-electron chi connectivity index (χ2n) is 5.31. The van der Waals surface area contributed by atoms with Crippen LogP contribution >= 0.6 is 11.6 Å². The minimum Gasteiger partial charge on any atom is -0.445 e. The number of rotatable bonds is 3. The van der Waals surface area contributed by atoms with Crippen molar-refractivity contribution in [1.29, 1.82) is 0 Å². The Morgan fingerprint density at radius 3 is 2.47 bits per heavy atom. The number of hydrogen-bond acceptors (Lipinski definition) is 3. The van der Waals surface area contributed by atoms with Crippen molar-refractivity contribution >= 4 is 23.5 Å². The van der Waals surface area contributed by atoms with Crippen molar-refractivity contribution in [3.63, 3.8) is 0 Å². The van der Waals surface area contributed by atoms with Gasteiger partial charge >= 0.3 is 6.09 Å². The van der Waals surface area contributed by atoms with Gasteiger partial charge in [0.05, 0.1) is 0 Å². The molecule has 1 aromatic rings. The SMILES string of the molecule is CC(=O)c1ccc(Cl)c(COC(=O)NC(C)(C)C)c1. The molecule has 0 spiro atoms. The van der Waals surface area contributed by atoms with Gasteiger partial charge in [0.25, 0.3) is 0 Å². The highest BCUT2D eigenvalue weighted by molar-refractivity contribution is 6.31. The number of nitrogens with one attached hydrogen (secondary N) is 1. The van der Waals surface area contributed by atoms with E-state index < -0.39 is 6.09 Å². The number of ether oxygens (including phenoxy) is 1. The number of halogens is 1. The van der Waals surface area contributed by atoms with Crippen LogP contribution in [0.5, 0.6) is 0 Å². The van der Waals surface area contributed by atoms with E-state index in [-0.39, 0.29) is 17.9 Å². The maximum absolute atomic E-state index is 11.5. The molecule has 0 radical (unpaired) electrons. The molecule has 0 fully saturated rings. The van der Waals surface area contributed by atoms with Crippen LogP contribution in [0, 0.1) is 0 Å². The Morgan fingerprint density at radius 2 is 1.95 bits per heavy atom. The summed E-state index contributed by atoms with van der Waals surface area (Å²) >= 11 is 5.99. The average Bonchev–Trinajstić information content (AvgIpc) is 2.25. The van der Waals surface area contributed by atoms with E-state index in [1.165, 1.54) is 6.92 Å². The van der Waals surface area contributed by atoms with Gasteiger partial charge in [-0.3, -0.25) is 4.79 Å². The van der Waals surface area contributed by atoms with Crippen LogP contribution < -0.4 is 5.32 Å². The van der Waals surface area contributed by atoms with Gasteiger partial charge in [-0.2, -0.15) is 0 Å². The number of hydrogen-bond donors (Lipinski definition) is 1. The van der Waals surface area contributed by atoms with Gasteiger partial charge in [0.15, 0.2) is 5.78 Å². The summed E-state index contributed by atoms with van der Waals surface area (Å²) in [6.07, 6.45) is -0.517. The highest BCUT2D eigenvalue weighted by atomic mass is 35.5. The number of carbonyl (C=O) groups excluding carboxylic acids is 2. The number of Topliss-reactive ketones (excluding diaryl/α,β-unsaturated/α-hetero) is 1. The van der Waals surface area contributed by atoms with Crippen LogP contribution in [0.1, 0.15) is 43.6 Å². The normalized spacial score (nSPS) is 11.0. The van der Waals surface area contributed by atoms with Crippen molar-refractivity contribution in [2.24, 2.45) is 0 Å². The summed E-state index contributed by atoms with van der Waals surface area (Å²) in [5.74, 6) is -0.0583. The van der Waals surface area contributed by atoms with Crippen molar-refractivity contribution in [3.05, 3.63) is 34.3 Å². The first kappa shape index (κ1) is 15.5. The number of ketones is 1. The standard InChI is InChI=1S/C14H18ClNO3/c1-9(17)10-5-6-12(15)11(7-10)8-19-13(18)16-14(2,3)4/h5-7H,8H2,1-4H3,(H,16,18). The van der Waals surface area contributed by atoms with E-state index in [4.69, 9.17) is 16.3 Å². The molecule has 1 N–H and O–H groups in total. The van der Waals surface area contributed by atoms with E-state index in [0.717, 1.165) is 0 Å². The summed E-state index contributed by atoms with van der Waals surface area (Å²) in [5, 5.41) is 3.14. The molecule has 0 aliphatic carbocycles. The molecule has 0 bridgehead atoms. The maximum atomic E-state index is 11.5. The molecule has 0 saturated heterocycles. The molecule has 104 valence electrons. The maximum Gasteiger partial charge on any atom is 0.407 e. The van der Waals surface area contributed by atoms with Gasteiger partial charge in [-0.1, -0.05) is 11.6 Å². The molecule has 5 heteroatoms. The molecule has 1 amide bonds. The summed E-state index contributed by atoms with van der Waals surface area (Å²) in [6, 6.07) is 4.90. The van der Waals surface area contributed by atoms with Gasteiger partial charge in [-0.05, 0) is 45.9 Å². The van der Waals surface area contributed by atoms with E-state index in [2.05, 4.69) is 5.32 Å². The zero-order chi connectivity index (χ0) is 14.6. The highest BCUT2D eigenvalue weighted by Crippen LogP contribution is 2.19. The van der Waals surface area contributed by atoms with E-state index in [1.54, 1.807) is 18.2 Å². The van der Waals surface area contributed by atoms with Gasteiger partial charge in [-0.15, -0.1) is 0 Å². The second-order valence-corrected chi connectivity index (χ2v) is 5.72. The summed E-state index contributed by atoms with van der Waals surface area (Å²) in [5.41, 5.74) is 0.792. The van der Waals surface area contributed by atoms with Gasteiger partial charge in [0, 0.05) is 21.7 Å². The van der Waals surface area contributed by atoms with Crippen LogP contribution in [0.3, 0.4) is 0 Å². The molecule has 19 heavy (non-hydrogen) atoms. The first-order valence-corrected chi connectivity index (χ1v) is 6.31. The molecule has 1 aromatic carbocycles. The number of alkyl carbamates (subject to hydrolysis) is 1. The van der Waals surface area contributed by atoms with Crippen LogP contribution in [0.15, 0.2) is 18.2 Å². The molecule has 1 rings (SSSR count). The molecule has 0 unspecified atom stereocenters. The van der Waals surface area contributed by atoms with E-state index >= 15 is 0 Å². The van der Waals surface area contributed by atoms with Gasteiger partial charge in [-0.25, -0.2) is 4.79 Å². The van der Waals surface area contributed by atoms with E-state index in [1.807, 2.05) is 20.8 Å².